The molecule has 0 unspecified atom stereocenters. The summed E-state index contributed by atoms with van der Waals surface area (Å²) < 4.78 is 5.70. The number of aliphatic imine (C=N–C) groups is 1. The lowest BCUT2D eigenvalue weighted by Crippen LogP contribution is -2.46. The smallest absolute Gasteiger partial charge is 0.251 e. The van der Waals surface area contributed by atoms with Gasteiger partial charge < -0.3 is 20.3 Å². The summed E-state index contributed by atoms with van der Waals surface area (Å²) in [6.07, 6.45) is 2.43. The Kier molecular flexibility index (Phi) is 7.06. The van der Waals surface area contributed by atoms with Gasteiger partial charge in [-0.15, -0.1) is 0 Å². The van der Waals surface area contributed by atoms with Gasteiger partial charge in [-0.05, 0) is 37.5 Å². The Balaban J connectivity index is 1.89. The van der Waals surface area contributed by atoms with Gasteiger partial charge in [0.15, 0.2) is 5.96 Å². The number of hydrogen-bond donors (Lipinski definition) is 2. The summed E-state index contributed by atoms with van der Waals surface area (Å²) in [5, 5.41) is 6.04. The molecule has 0 aromatic heterocycles. The molecule has 2 rings (SSSR count). The van der Waals surface area contributed by atoms with Crippen molar-refractivity contribution >= 4 is 11.9 Å². The number of rotatable bonds is 5. The number of nitrogens with zero attached hydrogens (tertiary/aromatic N) is 2. The van der Waals surface area contributed by atoms with Crippen molar-refractivity contribution in [2.24, 2.45) is 4.99 Å². The molecule has 1 saturated heterocycles. The lowest BCUT2D eigenvalue weighted by molar-refractivity contribution is 0.0263. The highest BCUT2D eigenvalue weighted by Gasteiger charge is 2.21. The molecule has 1 fully saturated rings. The lowest BCUT2D eigenvalue weighted by Gasteiger charge is -2.34. The Morgan fingerprint density at radius 3 is 2.75 bits per heavy atom. The summed E-state index contributed by atoms with van der Waals surface area (Å²) in [5.74, 6) is 0.828. The molecule has 0 aliphatic carbocycles. The molecule has 0 saturated carbocycles. The molecule has 6 nitrogen and oxygen atoms in total. The van der Waals surface area contributed by atoms with Crippen LogP contribution in [0.2, 0.25) is 0 Å². The maximum absolute atomic E-state index is 11.7. The topological polar surface area (TPSA) is 66.0 Å². The van der Waals surface area contributed by atoms with E-state index in [2.05, 4.69) is 20.5 Å². The first kappa shape index (κ1) is 18.3. The number of hydrogen-bond acceptors (Lipinski definition) is 3. The second-order valence-corrected chi connectivity index (χ2v) is 5.82. The predicted molar refractivity (Wildman–Crippen MR) is 96.3 cm³/mol. The Morgan fingerprint density at radius 2 is 2.12 bits per heavy atom. The van der Waals surface area contributed by atoms with Crippen LogP contribution in [0.4, 0.5) is 0 Å². The van der Waals surface area contributed by atoms with E-state index in [4.69, 9.17) is 4.74 Å². The molecule has 24 heavy (non-hydrogen) atoms. The normalized spacial score (nSPS) is 16.1. The molecule has 6 heteroatoms. The largest absolute Gasteiger partial charge is 0.378 e. The van der Waals surface area contributed by atoms with E-state index in [0.29, 0.717) is 18.2 Å². The Morgan fingerprint density at radius 1 is 1.38 bits per heavy atom. The monoisotopic (exact) mass is 332 g/mol. The standard InChI is InChI=1S/C18H28N4O2/c1-4-24-16-8-10-22(11-9-16)18(20-3)21-13-14-6-5-7-15(12-14)17(23)19-2/h5-7,12,16H,4,8-11,13H2,1-3H3,(H,19,23)(H,20,21). The first-order valence-electron chi connectivity index (χ1n) is 8.56. The van der Waals surface area contributed by atoms with Crippen LogP contribution in [-0.2, 0) is 11.3 Å². The van der Waals surface area contributed by atoms with E-state index >= 15 is 0 Å². The van der Waals surface area contributed by atoms with Crippen molar-refractivity contribution in [2.45, 2.75) is 32.4 Å². The van der Waals surface area contributed by atoms with Crippen LogP contribution in [0.25, 0.3) is 0 Å². The summed E-state index contributed by atoms with van der Waals surface area (Å²) in [4.78, 5) is 18.4. The third-order valence-electron chi connectivity index (χ3n) is 4.22. The molecule has 1 aliphatic heterocycles. The summed E-state index contributed by atoms with van der Waals surface area (Å²) >= 11 is 0. The maximum Gasteiger partial charge on any atom is 0.251 e. The number of carbonyl (C=O) groups is 1. The number of nitrogens with one attached hydrogen (secondary N) is 2. The lowest BCUT2D eigenvalue weighted by atomic mass is 10.1. The van der Waals surface area contributed by atoms with Gasteiger partial charge >= 0.3 is 0 Å². The Hall–Kier alpha value is -2.08. The van der Waals surface area contributed by atoms with Crippen molar-refractivity contribution < 1.29 is 9.53 Å². The van der Waals surface area contributed by atoms with Gasteiger partial charge in [-0.2, -0.15) is 0 Å². The zero-order chi connectivity index (χ0) is 17.4. The quantitative estimate of drug-likeness (QED) is 0.635. The molecule has 1 aromatic rings. The van der Waals surface area contributed by atoms with Crippen LogP contribution < -0.4 is 10.6 Å². The average molecular weight is 332 g/mol. The van der Waals surface area contributed by atoms with E-state index in [0.717, 1.165) is 44.1 Å². The van der Waals surface area contributed by atoms with Crippen molar-refractivity contribution in [1.29, 1.82) is 0 Å². The van der Waals surface area contributed by atoms with Crippen molar-refractivity contribution in [1.82, 2.24) is 15.5 Å². The minimum atomic E-state index is -0.0702. The van der Waals surface area contributed by atoms with Crippen molar-refractivity contribution in [2.75, 3.05) is 33.8 Å². The average Bonchev–Trinajstić information content (AvgIpc) is 2.63. The summed E-state index contributed by atoms with van der Waals surface area (Å²) in [6, 6.07) is 7.63. The van der Waals surface area contributed by atoms with Crippen LogP contribution in [0.1, 0.15) is 35.7 Å². The van der Waals surface area contributed by atoms with Gasteiger partial charge in [-0.1, -0.05) is 12.1 Å². The number of likely N-dealkylation sites (tertiary alicyclic amines) is 1. The minimum absolute atomic E-state index is 0.0702. The third kappa shape index (κ3) is 4.96. The van der Waals surface area contributed by atoms with Crippen LogP contribution in [0, 0.1) is 0 Å². The van der Waals surface area contributed by atoms with E-state index in [9.17, 15) is 4.79 Å². The molecular formula is C18H28N4O2. The first-order chi connectivity index (χ1) is 11.7. The van der Waals surface area contributed by atoms with E-state index in [1.807, 2.05) is 31.2 Å². The second-order valence-electron chi connectivity index (χ2n) is 5.82. The van der Waals surface area contributed by atoms with Crippen LogP contribution in [0.3, 0.4) is 0 Å². The van der Waals surface area contributed by atoms with Gasteiger partial charge in [0.25, 0.3) is 5.91 Å². The van der Waals surface area contributed by atoms with Gasteiger partial charge in [0.1, 0.15) is 0 Å². The molecule has 0 radical (unpaired) electrons. The van der Waals surface area contributed by atoms with Crippen molar-refractivity contribution in [3.05, 3.63) is 35.4 Å². The highest BCUT2D eigenvalue weighted by atomic mass is 16.5. The minimum Gasteiger partial charge on any atom is -0.378 e. The number of benzene rings is 1. The molecule has 2 N–H and O–H groups in total. The fraction of sp³-hybridized carbons (Fsp3) is 0.556. The van der Waals surface area contributed by atoms with Crippen LogP contribution in [0.15, 0.2) is 29.3 Å². The van der Waals surface area contributed by atoms with E-state index in [1.165, 1.54) is 0 Å². The molecule has 0 spiro atoms. The number of amides is 1. The Labute approximate surface area is 144 Å². The fourth-order valence-electron chi connectivity index (χ4n) is 2.95. The van der Waals surface area contributed by atoms with Gasteiger partial charge in [-0.3, -0.25) is 9.79 Å². The second kappa shape index (κ2) is 9.27. The molecule has 1 heterocycles. The SMILES string of the molecule is CCOC1CCN(C(=NC)NCc2cccc(C(=O)NC)c2)CC1. The van der Waals surface area contributed by atoms with Crippen LogP contribution in [0.5, 0.6) is 0 Å². The zero-order valence-electron chi connectivity index (χ0n) is 14.8. The van der Waals surface area contributed by atoms with E-state index in [1.54, 1.807) is 14.1 Å². The highest BCUT2D eigenvalue weighted by molar-refractivity contribution is 5.94. The summed E-state index contributed by atoms with van der Waals surface area (Å²) in [5.41, 5.74) is 1.73. The first-order valence-corrected chi connectivity index (χ1v) is 8.56. The maximum atomic E-state index is 11.7. The number of ether oxygens (including phenoxy) is 1. The zero-order valence-corrected chi connectivity index (χ0v) is 14.8. The predicted octanol–water partition coefficient (Wildman–Crippen LogP) is 1.62. The van der Waals surface area contributed by atoms with Gasteiger partial charge in [0.2, 0.25) is 0 Å². The van der Waals surface area contributed by atoms with E-state index in [-0.39, 0.29) is 5.91 Å². The van der Waals surface area contributed by atoms with Crippen LogP contribution >= 0.6 is 0 Å². The molecule has 0 atom stereocenters. The van der Waals surface area contributed by atoms with Gasteiger partial charge in [-0.25, -0.2) is 0 Å². The van der Waals surface area contributed by atoms with Crippen molar-refractivity contribution in [3.8, 4) is 0 Å². The molecular weight excluding hydrogens is 304 g/mol. The number of guanidine groups is 1. The van der Waals surface area contributed by atoms with Gasteiger partial charge in [0, 0.05) is 45.9 Å². The fourth-order valence-corrected chi connectivity index (χ4v) is 2.95. The van der Waals surface area contributed by atoms with E-state index < -0.39 is 0 Å². The highest BCUT2D eigenvalue weighted by Crippen LogP contribution is 2.14. The molecule has 1 aromatic carbocycles. The molecule has 1 aliphatic rings. The van der Waals surface area contributed by atoms with Gasteiger partial charge in [0.05, 0.1) is 6.10 Å². The number of carbonyl (C=O) groups excluding carboxylic acids is 1. The molecule has 0 bridgehead atoms. The van der Waals surface area contributed by atoms with Crippen LogP contribution in [-0.4, -0.2) is 56.7 Å². The third-order valence-corrected chi connectivity index (χ3v) is 4.22. The summed E-state index contributed by atoms with van der Waals surface area (Å²) in [6.45, 7) is 5.35. The van der Waals surface area contributed by atoms with Crippen molar-refractivity contribution in [3.63, 3.8) is 0 Å². The molecule has 132 valence electrons. The summed E-state index contributed by atoms with van der Waals surface area (Å²) in [7, 11) is 3.44. The number of piperidine rings is 1. The molecule has 1 amide bonds. The Bertz CT molecular complexity index is 566.